The van der Waals surface area contributed by atoms with E-state index in [1.54, 1.807) is 0 Å². The van der Waals surface area contributed by atoms with Crippen molar-refractivity contribution >= 4 is 18.0 Å². The molecule has 170 valence electrons. The summed E-state index contributed by atoms with van der Waals surface area (Å²) < 4.78 is 0. The maximum atomic E-state index is 10.6. The summed E-state index contributed by atoms with van der Waals surface area (Å²) in [5.41, 5.74) is 0. The summed E-state index contributed by atoms with van der Waals surface area (Å²) in [7, 11) is 0. The fraction of sp³-hybridized carbons (Fsp3) is 0.870. The zero-order valence-electron chi connectivity index (χ0n) is 18.7. The largest absolute Gasteiger partial charge is 0.481 e. The molecule has 1 aliphatic heterocycles. The number of aliphatic carboxylic acids is 1. The number of rotatable bonds is 15. The fourth-order valence-electron chi connectivity index (χ4n) is 3.45. The van der Waals surface area contributed by atoms with E-state index in [-0.39, 0.29) is 5.91 Å². The Bertz CT molecular complexity index is 451. The number of hydrogen-bond donors (Lipinski definition) is 2. The normalized spacial score (nSPS) is 13.5. The van der Waals surface area contributed by atoms with Crippen molar-refractivity contribution in [3.05, 3.63) is 0 Å². The van der Waals surface area contributed by atoms with Gasteiger partial charge < -0.3 is 10.2 Å². The van der Waals surface area contributed by atoms with Gasteiger partial charge in [0.2, 0.25) is 5.91 Å². The van der Waals surface area contributed by atoms with Crippen LogP contribution in [0.15, 0.2) is 0 Å². The lowest BCUT2D eigenvalue weighted by Gasteiger charge is -2.05. The van der Waals surface area contributed by atoms with Crippen molar-refractivity contribution in [1.82, 2.24) is 4.90 Å². The molecule has 0 atom stereocenters. The molecule has 0 aromatic rings. The lowest BCUT2D eigenvalue weighted by molar-refractivity contribution is -0.137. The predicted octanol–water partition coefficient (Wildman–Crippen LogP) is 6.48. The van der Waals surface area contributed by atoms with Crippen molar-refractivity contribution in [3.63, 3.8) is 0 Å². The van der Waals surface area contributed by atoms with E-state index in [4.69, 9.17) is 10.2 Å². The minimum atomic E-state index is -1.13. The minimum Gasteiger partial charge on any atom is -0.481 e. The summed E-state index contributed by atoms with van der Waals surface area (Å²) >= 11 is 0. The van der Waals surface area contributed by atoms with Crippen molar-refractivity contribution in [2.24, 2.45) is 5.92 Å². The third-order valence-electron chi connectivity index (χ3n) is 5.23. The van der Waals surface area contributed by atoms with Gasteiger partial charge in [-0.1, -0.05) is 90.9 Å². The Morgan fingerprint density at radius 1 is 0.828 bits per heavy atom. The Labute approximate surface area is 177 Å². The minimum absolute atomic E-state index is 0.275. The average molecular weight is 414 g/mol. The molecular formula is C23H43NO5. The Morgan fingerprint density at radius 3 is 1.59 bits per heavy atom. The van der Waals surface area contributed by atoms with Crippen LogP contribution in [0.1, 0.15) is 117 Å². The number of carbonyl (C=O) groups excluding carboxylic acids is 1. The molecule has 6 nitrogen and oxygen atoms in total. The topological polar surface area (TPSA) is 94.9 Å². The number of amides is 2. The molecule has 1 saturated heterocycles. The van der Waals surface area contributed by atoms with E-state index in [2.05, 4.69) is 13.8 Å². The highest BCUT2D eigenvalue weighted by atomic mass is 16.4. The van der Waals surface area contributed by atoms with E-state index in [0.29, 0.717) is 25.8 Å². The molecule has 0 unspecified atom stereocenters. The van der Waals surface area contributed by atoms with Gasteiger partial charge in [0.25, 0.3) is 0 Å². The molecule has 0 aromatic carbocycles. The molecule has 0 aromatic heterocycles. The second-order valence-electron chi connectivity index (χ2n) is 8.50. The third-order valence-corrected chi connectivity index (χ3v) is 5.23. The molecule has 0 spiro atoms. The first-order chi connectivity index (χ1) is 13.8. The van der Waals surface area contributed by atoms with Crippen molar-refractivity contribution in [2.45, 2.75) is 117 Å². The van der Waals surface area contributed by atoms with Crippen LogP contribution in [0.2, 0.25) is 0 Å². The van der Waals surface area contributed by atoms with Gasteiger partial charge in [-0.25, -0.2) is 9.69 Å². The molecule has 0 bridgehead atoms. The maximum absolute atomic E-state index is 10.6. The molecule has 0 radical (unpaired) electrons. The van der Waals surface area contributed by atoms with E-state index in [0.717, 1.165) is 23.7 Å². The monoisotopic (exact) mass is 413 g/mol. The highest BCUT2D eigenvalue weighted by Crippen LogP contribution is 2.14. The summed E-state index contributed by atoms with van der Waals surface area (Å²) in [5, 5.41) is 16.8. The van der Waals surface area contributed by atoms with Gasteiger partial charge in [-0.2, -0.15) is 0 Å². The Hall–Kier alpha value is -1.59. The maximum Gasteiger partial charge on any atom is 0.414 e. The predicted molar refractivity (Wildman–Crippen MR) is 116 cm³/mol. The zero-order chi connectivity index (χ0) is 21.9. The van der Waals surface area contributed by atoms with Crippen LogP contribution in [-0.2, 0) is 9.59 Å². The van der Waals surface area contributed by atoms with Gasteiger partial charge in [-0.05, 0) is 18.8 Å². The van der Waals surface area contributed by atoms with Gasteiger partial charge in [0.1, 0.15) is 0 Å². The SMILES string of the molecule is CC(C)CCCCCCCCCCCCCCC(=O)O.O=C(O)N1CCCC1=O. The molecule has 2 amide bonds. The zero-order valence-corrected chi connectivity index (χ0v) is 18.7. The van der Waals surface area contributed by atoms with Crippen molar-refractivity contribution in [3.8, 4) is 0 Å². The second kappa shape index (κ2) is 18.4. The first kappa shape index (κ1) is 27.4. The van der Waals surface area contributed by atoms with E-state index in [9.17, 15) is 14.4 Å². The number of likely N-dealkylation sites (tertiary alicyclic amines) is 1. The molecule has 2 N–H and O–H groups in total. The van der Waals surface area contributed by atoms with E-state index < -0.39 is 12.1 Å². The van der Waals surface area contributed by atoms with Crippen LogP contribution >= 0.6 is 0 Å². The summed E-state index contributed by atoms with van der Waals surface area (Å²) in [6.45, 7) is 4.98. The lowest BCUT2D eigenvalue weighted by atomic mass is 10.0. The number of carboxylic acid groups (broad SMARTS) is 2. The molecule has 0 saturated carbocycles. The Balaban J connectivity index is 0.000000717. The van der Waals surface area contributed by atoms with Crippen LogP contribution in [0.3, 0.4) is 0 Å². The molecule has 29 heavy (non-hydrogen) atoms. The number of imide groups is 1. The Morgan fingerprint density at radius 2 is 1.28 bits per heavy atom. The van der Waals surface area contributed by atoms with Gasteiger partial charge in [-0.3, -0.25) is 9.59 Å². The number of carbonyl (C=O) groups is 3. The molecule has 0 aliphatic carbocycles. The average Bonchev–Trinajstić information content (AvgIpc) is 3.08. The molecule has 6 heteroatoms. The van der Waals surface area contributed by atoms with Gasteiger partial charge in [-0.15, -0.1) is 0 Å². The molecule has 1 fully saturated rings. The number of hydrogen-bond acceptors (Lipinski definition) is 3. The summed E-state index contributed by atoms with van der Waals surface area (Å²) in [6.07, 6.45) is 17.2. The molecule has 1 rings (SSSR count). The number of carboxylic acids is 1. The number of nitrogens with zero attached hydrogens (tertiary/aromatic N) is 1. The van der Waals surface area contributed by atoms with Crippen LogP contribution < -0.4 is 0 Å². The Kier molecular flexibility index (Phi) is 17.4. The van der Waals surface area contributed by atoms with E-state index in [1.165, 1.54) is 70.6 Å². The quantitative estimate of drug-likeness (QED) is 0.300. The summed E-state index contributed by atoms with van der Waals surface area (Å²) in [5.74, 6) is -0.0635. The van der Waals surface area contributed by atoms with Crippen LogP contribution in [0.5, 0.6) is 0 Å². The number of unbranched alkanes of at least 4 members (excludes halogenated alkanes) is 11. The molecule has 1 aliphatic rings. The van der Waals surface area contributed by atoms with Crippen molar-refractivity contribution in [2.75, 3.05) is 6.54 Å². The highest BCUT2D eigenvalue weighted by Gasteiger charge is 2.25. The van der Waals surface area contributed by atoms with Gasteiger partial charge >= 0.3 is 12.1 Å². The molecular weight excluding hydrogens is 370 g/mol. The second-order valence-corrected chi connectivity index (χ2v) is 8.50. The van der Waals surface area contributed by atoms with E-state index in [1.807, 2.05) is 0 Å². The van der Waals surface area contributed by atoms with Crippen LogP contribution in [0.25, 0.3) is 0 Å². The summed E-state index contributed by atoms with van der Waals surface area (Å²) in [6, 6.07) is 0. The summed E-state index contributed by atoms with van der Waals surface area (Å²) in [4.78, 5) is 31.9. The van der Waals surface area contributed by atoms with Crippen LogP contribution in [0.4, 0.5) is 4.79 Å². The third kappa shape index (κ3) is 18.2. The highest BCUT2D eigenvalue weighted by molar-refractivity contribution is 5.92. The van der Waals surface area contributed by atoms with Crippen molar-refractivity contribution in [1.29, 1.82) is 0 Å². The first-order valence-electron chi connectivity index (χ1n) is 11.6. The lowest BCUT2D eigenvalue weighted by Crippen LogP contribution is -2.29. The van der Waals surface area contributed by atoms with Gasteiger partial charge in [0, 0.05) is 19.4 Å². The fourth-order valence-corrected chi connectivity index (χ4v) is 3.45. The van der Waals surface area contributed by atoms with Crippen LogP contribution in [0, 0.1) is 5.92 Å². The first-order valence-corrected chi connectivity index (χ1v) is 11.6. The smallest absolute Gasteiger partial charge is 0.414 e. The van der Waals surface area contributed by atoms with Gasteiger partial charge in [0.05, 0.1) is 0 Å². The molecule has 1 heterocycles. The van der Waals surface area contributed by atoms with Gasteiger partial charge in [0.15, 0.2) is 0 Å². The standard InChI is InChI=1S/C18H36O2.C5H7NO3/c1-17(2)15-13-11-9-7-5-3-4-6-8-10-12-14-16-18(19)20;7-4-2-1-3-6(4)5(8)9/h17H,3-16H2,1-2H3,(H,19,20);1-3H2,(H,8,9). The van der Waals surface area contributed by atoms with Crippen LogP contribution in [-0.4, -0.2) is 39.6 Å². The van der Waals surface area contributed by atoms with E-state index >= 15 is 0 Å². The van der Waals surface area contributed by atoms with Crippen molar-refractivity contribution < 1.29 is 24.6 Å².